The SMILES string of the molecule is FC(F)(F)c1ccc(Oc2nnc(-c3[c-]ccs3)c3cc4ccccc4cc23)c(C(F)(F)F)c1C(F)(F)F.[CH-]=C(S)c1nncc2cc3ccccc3cc12.[CH-]=C(S)c1nncc2cc3ccccc3cc12.[Ir+3]. The van der Waals surface area contributed by atoms with Gasteiger partial charge in [-0.25, -0.2) is 26.6 Å². The summed E-state index contributed by atoms with van der Waals surface area (Å²) in [7, 11) is 0. The van der Waals surface area contributed by atoms with Crippen molar-refractivity contribution in [3.63, 3.8) is 0 Å². The Morgan fingerprint density at radius 1 is 0.507 bits per heavy atom. The number of hydrogen-bond donors (Lipinski definition) is 2. The Morgan fingerprint density at radius 2 is 0.945 bits per heavy atom. The van der Waals surface area contributed by atoms with Crippen molar-refractivity contribution < 1.29 is 64.4 Å². The number of nitrogens with zero attached hydrogens (tertiary/aromatic N) is 6. The molecule has 4 aromatic heterocycles. The summed E-state index contributed by atoms with van der Waals surface area (Å²) < 4.78 is 128. The number of alkyl halides is 9. The molecule has 0 amide bonds. The maximum atomic E-state index is 13.9. The molecule has 11 aromatic rings. The predicted molar refractivity (Wildman–Crippen MR) is 268 cm³/mol. The van der Waals surface area contributed by atoms with Crippen LogP contribution in [0.2, 0.25) is 0 Å². The molecule has 0 aliphatic heterocycles. The van der Waals surface area contributed by atoms with Gasteiger partial charge in [0.05, 0.1) is 23.5 Å². The van der Waals surface area contributed by atoms with Gasteiger partial charge in [-0.1, -0.05) is 107 Å². The van der Waals surface area contributed by atoms with Gasteiger partial charge < -0.3 is 4.74 Å². The first-order valence-electron chi connectivity index (χ1n) is 20.9. The molecule has 0 bridgehead atoms. The number of halogens is 9. The van der Waals surface area contributed by atoms with Crippen LogP contribution in [0, 0.1) is 19.2 Å². The summed E-state index contributed by atoms with van der Waals surface area (Å²) in [6, 6.07) is 39.3. The number of thiophene rings is 1. The topological polar surface area (TPSA) is 86.6 Å². The van der Waals surface area contributed by atoms with Gasteiger partial charge in [0.25, 0.3) is 0 Å². The third-order valence-corrected chi connectivity index (χ3v) is 12.3. The van der Waals surface area contributed by atoms with E-state index in [0.717, 1.165) is 32.3 Å². The van der Waals surface area contributed by atoms with E-state index in [4.69, 9.17) is 17.9 Å². The second kappa shape index (κ2) is 20.9. The minimum atomic E-state index is -6.00. The molecular weight excluding hydrogens is 1200 g/mol. The van der Waals surface area contributed by atoms with E-state index < -0.39 is 46.8 Å². The van der Waals surface area contributed by atoms with Crippen LogP contribution in [0.4, 0.5) is 39.5 Å². The van der Waals surface area contributed by atoms with Crippen LogP contribution in [0.25, 0.3) is 85.0 Å². The van der Waals surface area contributed by atoms with E-state index in [1.165, 1.54) is 28.2 Å². The minimum Gasteiger partial charge on any atom is -0.436 e. The summed E-state index contributed by atoms with van der Waals surface area (Å²) in [4.78, 5) is 1.30. The summed E-state index contributed by atoms with van der Waals surface area (Å²) in [5.41, 5.74) is -6.45. The van der Waals surface area contributed by atoms with Gasteiger partial charge >= 0.3 is 38.6 Å². The maximum absolute atomic E-state index is 13.9. The van der Waals surface area contributed by atoms with Gasteiger partial charge in [0, 0.05) is 11.1 Å². The molecule has 73 heavy (non-hydrogen) atoms. The van der Waals surface area contributed by atoms with Crippen molar-refractivity contribution in [3.8, 4) is 22.2 Å². The second-order valence-electron chi connectivity index (χ2n) is 15.7. The molecule has 7 aromatic carbocycles. The zero-order valence-electron chi connectivity index (χ0n) is 36.6. The molecule has 7 nitrogen and oxygen atoms in total. The van der Waals surface area contributed by atoms with E-state index in [9.17, 15) is 39.5 Å². The number of aromatic nitrogens is 6. The molecule has 4 heterocycles. The zero-order valence-corrected chi connectivity index (χ0v) is 41.6. The first-order chi connectivity index (χ1) is 34.3. The molecule has 0 atom stereocenters. The maximum Gasteiger partial charge on any atom is 3.00 e. The van der Waals surface area contributed by atoms with E-state index in [1.807, 2.05) is 24.3 Å². The number of fused-ring (bicyclic) bond motifs is 6. The summed E-state index contributed by atoms with van der Waals surface area (Å²) in [6.07, 6.45) is -14.1. The van der Waals surface area contributed by atoms with Gasteiger partial charge in [0.15, 0.2) is 0 Å². The average Bonchev–Trinajstić information content (AvgIpc) is 3.88. The molecule has 0 N–H and O–H groups in total. The van der Waals surface area contributed by atoms with Gasteiger partial charge in [-0.2, -0.15) is 87.1 Å². The first kappa shape index (κ1) is 52.4. The van der Waals surface area contributed by atoms with Crippen molar-refractivity contribution in [2.45, 2.75) is 18.5 Å². The monoisotopic (exact) mass is 1220 g/mol. The predicted octanol–water partition coefficient (Wildman–Crippen LogP) is 16.1. The Bertz CT molecular complexity index is 3780. The van der Waals surface area contributed by atoms with E-state index in [1.54, 1.807) is 54.2 Å². The van der Waals surface area contributed by atoms with E-state index in [2.05, 4.69) is 110 Å². The van der Waals surface area contributed by atoms with Gasteiger partial charge in [0.1, 0.15) is 11.3 Å². The number of hydrogen-bond acceptors (Lipinski definition) is 10. The molecule has 0 unspecified atom stereocenters. The summed E-state index contributed by atoms with van der Waals surface area (Å²) >= 11 is 9.54. The van der Waals surface area contributed by atoms with Crippen LogP contribution >= 0.6 is 36.6 Å². The number of rotatable bonds is 5. The second-order valence-corrected chi connectivity index (χ2v) is 17.6. The third kappa shape index (κ3) is 11.0. The Hall–Kier alpha value is -6.96. The molecule has 11 rings (SSSR count). The molecular formula is C53H28F9IrN6OS3. The minimum absolute atomic E-state index is 0. The van der Waals surface area contributed by atoms with Gasteiger partial charge in [-0.05, 0) is 90.2 Å². The number of thiol groups is 2. The third-order valence-electron chi connectivity index (χ3n) is 11.1. The van der Waals surface area contributed by atoms with Crippen LogP contribution in [-0.2, 0) is 38.6 Å². The van der Waals surface area contributed by atoms with Crippen LogP contribution in [-0.4, -0.2) is 30.6 Å². The van der Waals surface area contributed by atoms with Crippen molar-refractivity contribution in [1.82, 2.24) is 30.6 Å². The standard InChI is InChI=1S/C25H10F9N2OS.2C14H9N2S.Ir/c26-23(27,28)16-7-8-17(20(25(32,33)34)19(16)24(29,30)31)37-22-15-11-13-5-2-1-4-12(13)10-14(15)21(35-36-22)18-6-3-9-38-18;2*1-9(17)14-13-7-11-5-3-2-4-10(11)6-12(13)8-15-16-14;/h1-5,7-11H;2*1-8,17H;/q3*-1;+3. The molecule has 0 radical (unpaired) electrons. The van der Waals surface area contributed by atoms with Crippen LogP contribution in [0.1, 0.15) is 28.1 Å². The van der Waals surface area contributed by atoms with Crippen molar-refractivity contribution in [2.75, 3.05) is 0 Å². The molecule has 20 heteroatoms. The van der Waals surface area contributed by atoms with Crippen molar-refractivity contribution >= 4 is 111 Å². The number of benzene rings is 7. The van der Waals surface area contributed by atoms with Gasteiger partial charge in [-0.3, -0.25) is 13.2 Å². The van der Waals surface area contributed by atoms with Crippen molar-refractivity contribution in [1.29, 1.82) is 0 Å². The molecule has 0 fully saturated rings. The van der Waals surface area contributed by atoms with E-state index in [-0.39, 0.29) is 43.3 Å². The Kier molecular flexibility index (Phi) is 15.0. The van der Waals surface area contributed by atoms with Crippen LogP contribution in [0.3, 0.4) is 0 Å². The fraction of sp³-hybridized carbons (Fsp3) is 0.0566. The quantitative estimate of drug-likeness (QED) is 0.0768. The Morgan fingerprint density at radius 3 is 1.36 bits per heavy atom. The number of ether oxygens (including phenoxy) is 1. The van der Waals surface area contributed by atoms with Gasteiger partial charge in [-0.15, -0.1) is 20.3 Å². The molecule has 0 spiro atoms. The van der Waals surface area contributed by atoms with Crippen LogP contribution < -0.4 is 4.74 Å². The fourth-order valence-electron chi connectivity index (χ4n) is 7.94. The Labute approximate surface area is 436 Å². The summed E-state index contributed by atoms with van der Waals surface area (Å²) in [5, 5.41) is 35.8. The Balaban J connectivity index is 0.000000167. The largest absolute Gasteiger partial charge is 3.00 e. The molecule has 0 aliphatic carbocycles. The van der Waals surface area contributed by atoms with Crippen molar-refractivity contribution in [2.24, 2.45) is 0 Å². The van der Waals surface area contributed by atoms with E-state index >= 15 is 0 Å². The smallest absolute Gasteiger partial charge is 0.436 e. The van der Waals surface area contributed by atoms with Crippen LogP contribution in [0.5, 0.6) is 11.6 Å². The molecule has 0 saturated heterocycles. The van der Waals surface area contributed by atoms with Crippen molar-refractivity contribution in [3.05, 3.63) is 192 Å². The summed E-state index contributed by atoms with van der Waals surface area (Å²) in [5.74, 6) is -2.12. The zero-order chi connectivity index (χ0) is 51.1. The van der Waals surface area contributed by atoms with E-state index in [0.29, 0.717) is 42.2 Å². The van der Waals surface area contributed by atoms with Gasteiger partial charge in [0.2, 0.25) is 5.88 Å². The van der Waals surface area contributed by atoms with Crippen LogP contribution in [0.15, 0.2) is 145 Å². The average molecular weight is 1220 g/mol. The molecule has 366 valence electrons. The molecule has 0 aliphatic rings. The summed E-state index contributed by atoms with van der Waals surface area (Å²) in [6.45, 7) is 11.4. The molecule has 0 saturated carbocycles. The first-order valence-corrected chi connectivity index (χ1v) is 22.7. The fourth-order valence-corrected chi connectivity index (χ4v) is 8.94. The normalized spacial score (nSPS) is 11.8.